The molecule has 2 amide bonds. The summed E-state index contributed by atoms with van der Waals surface area (Å²) in [4.78, 5) is 15.2. The Morgan fingerprint density at radius 2 is 2.00 bits per heavy atom. The zero-order chi connectivity index (χ0) is 26.0. The summed E-state index contributed by atoms with van der Waals surface area (Å²) in [6.07, 6.45) is 8.89. The molecule has 1 saturated carbocycles. The zero-order valence-electron chi connectivity index (χ0n) is 22.1. The fourth-order valence-electron chi connectivity index (χ4n) is 6.07. The van der Waals surface area contributed by atoms with Gasteiger partial charge in [-0.05, 0) is 75.6 Å². The second kappa shape index (κ2) is 14.5. The first-order valence-electron chi connectivity index (χ1n) is 13.7. The Balaban J connectivity index is 1.71. The Kier molecular flexibility index (Phi) is 11.8. The number of hydrogen-bond donors (Lipinski definition) is 4. The van der Waals surface area contributed by atoms with Gasteiger partial charge in [0.2, 0.25) is 0 Å². The van der Waals surface area contributed by atoms with E-state index in [1.54, 1.807) is 7.11 Å². The Morgan fingerprint density at radius 1 is 1.22 bits per heavy atom. The lowest BCUT2D eigenvalue weighted by molar-refractivity contribution is -0.0566. The molecule has 4 N–H and O–H groups in total. The van der Waals surface area contributed by atoms with Gasteiger partial charge < -0.3 is 30.5 Å². The van der Waals surface area contributed by atoms with Crippen molar-refractivity contribution in [2.45, 2.75) is 82.0 Å². The fraction of sp³-hybridized carbons (Fsp3) is 0.750. The van der Waals surface area contributed by atoms with Crippen molar-refractivity contribution in [2.24, 2.45) is 11.8 Å². The molecule has 1 aromatic rings. The molecule has 1 heterocycles. The highest BCUT2D eigenvalue weighted by Gasteiger charge is 2.41. The number of piperidine rings is 1. The van der Waals surface area contributed by atoms with Gasteiger partial charge in [-0.15, -0.1) is 0 Å². The summed E-state index contributed by atoms with van der Waals surface area (Å²) in [6.45, 7) is 2.28. The van der Waals surface area contributed by atoms with Crippen molar-refractivity contribution in [1.29, 1.82) is 0 Å². The molecule has 36 heavy (non-hydrogen) atoms. The summed E-state index contributed by atoms with van der Waals surface area (Å²) in [5.41, 5.74) is -0.274. The zero-order valence-corrected chi connectivity index (χ0v) is 22.8. The number of carbonyl (C=O) groups excluding carboxylic acids is 1. The molecule has 1 aliphatic heterocycles. The van der Waals surface area contributed by atoms with E-state index < -0.39 is 11.7 Å². The van der Waals surface area contributed by atoms with Gasteiger partial charge in [-0.1, -0.05) is 43.0 Å². The fourth-order valence-corrected chi connectivity index (χ4v) is 6.26. The molecular formula is C28H46ClN3O4. The van der Waals surface area contributed by atoms with Gasteiger partial charge in [0.15, 0.2) is 0 Å². The van der Waals surface area contributed by atoms with E-state index in [1.165, 1.54) is 6.42 Å². The van der Waals surface area contributed by atoms with Gasteiger partial charge in [-0.3, -0.25) is 0 Å². The summed E-state index contributed by atoms with van der Waals surface area (Å²) >= 11 is 6.30. The number of likely N-dealkylation sites (tertiary alicyclic amines) is 1. The standard InChI is InChI=1S/C28H46ClN3O4/c1-30-19-25(26(33)21-10-4-3-5-11-21)31-27(34)32-16-9-13-23(20-32)28(35,15-6-7-17-36-2)22-12-8-14-24(29)18-22/h8,12,14,18,21,23,25-26,30,33,35H,3-7,9-11,13,15-17,19-20H2,1-2H3,(H,31,34)/t23-,25-,26-,28-/m1/s1. The van der Waals surface area contributed by atoms with Crippen LogP contribution in [0.5, 0.6) is 0 Å². The molecule has 4 atom stereocenters. The number of rotatable bonds is 12. The van der Waals surface area contributed by atoms with E-state index >= 15 is 0 Å². The number of unbranched alkanes of at least 4 members (excludes halogenated alkanes) is 1. The summed E-state index contributed by atoms with van der Waals surface area (Å²) in [5.74, 6) is 0.121. The van der Waals surface area contributed by atoms with E-state index in [-0.39, 0.29) is 23.9 Å². The minimum Gasteiger partial charge on any atom is -0.391 e. The largest absolute Gasteiger partial charge is 0.391 e. The third-order valence-corrected chi connectivity index (χ3v) is 8.38. The van der Waals surface area contributed by atoms with Crippen molar-refractivity contribution >= 4 is 17.6 Å². The number of hydrogen-bond acceptors (Lipinski definition) is 5. The average Bonchev–Trinajstić information content (AvgIpc) is 2.91. The normalized spacial score (nSPS) is 22.6. The number of ether oxygens (including phenoxy) is 1. The van der Waals surface area contributed by atoms with E-state index in [1.807, 2.05) is 36.2 Å². The quantitative estimate of drug-likeness (QED) is 0.306. The Bertz CT molecular complexity index is 807. The third-order valence-electron chi connectivity index (χ3n) is 8.14. The number of aliphatic hydroxyl groups is 2. The number of urea groups is 1. The van der Waals surface area contributed by atoms with Gasteiger partial charge in [0.05, 0.1) is 17.7 Å². The first-order chi connectivity index (χ1) is 17.4. The number of halogens is 1. The van der Waals surface area contributed by atoms with Crippen molar-refractivity contribution in [3.8, 4) is 0 Å². The van der Waals surface area contributed by atoms with Crippen LogP contribution in [0.1, 0.15) is 69.8 Å². The molecule has 0 aromatic heterocycles. The second-order valence-electron chi connectivity index (χ2n) is 10.7. The first-order valence-corrected chi connectivity index (χ1v) is 14.1. The number of amides is 2. The molecule has 2 aliphatic rings. The van der Waals surface area contributed by atoms with Crippen LogP contribution in [0, 0.1) is 11.8 Å². The smallest absolute Gasteiger partial charge is 0.317 e. The molecule has 0 radical (unpaired) electrons. The molecule has 1 saturated heterocycles. The number of nitrogens with zero attached hydrogens (tertiary/aromatic N) is 1. The first kappa shape index (κ1) is 29.2. The Labute approximate surface area is 221 Å². The molecule has 0 bridgehead atoms. The molecule has 2 fully saturated rings. The maximum Gasteiger partial charge on any atom is 0.317 e. The van der Waals surface area contributed by atoms with Crippen LogP contribution in [0.25, 0.3) is 0 Å². The second-order valence-corrected chi connectivity index (χ2v) is 11.1. The Hall–Kier alpha value is -1.38. The van der Waals surface area contributed by atoms with Crippen LogP contribution in [0.2, 0.25) is 5.02 Å². The molecule has 0 spiro atoms. The number of methoxy groups -OCH3 is 1. The predicted molar refractivity (Wildman–Crippen MR) is 144 cm³/mol. The minimum atomic E-state index is -1.08. The van der Waals surface area contributed by atoms with Gasteiger partial charge in [0, 0.05) is 44.3 Å². The number of carbonyl (C=O) groups is 1. The van der Waals surface area contributed by atoms with Gasteiger partial charge in [-0.2, -0.15) is 0 Å². The molecular weight excluding hydrogens is 478 g/mol. The third kappa shape index (κ3) is 7.81. The summed E-state index contributed by atoms with van der Waals surface area (Å²) < 4.78 is 5.21. The lowest BCUT2D eigenvalue weighted by Gasteiger charge is -2.43. The van der Waals surface area contributed by atoms with E-state index in [2.05, 4.69) is 10.6 Å². The van der Waals surface area contributed by atoms with Gasteiger partial charge in [0.25, 0.3) is 0 Å². The van der Waals surface area contributed by atoms with Crippen LogP contribution >= 0.6 is 11.6 Å². The predicted octanol–water partition coefficient (Wildman–Crippen LogP) is 4.30. The van der Waals surface area contributed by atoms with E-state index in [0.717, 1.165) is 56.9 Å². The maximum absolute atomic E-state index is 13.4. The van der Waals surface area contributed by atoms with Crippen molar-refractivity contribution in [3.05, 3.63) is 34.9 Å². The van der Waals surface area contributed by atoms with Gasteiger partial charge in [0.1, 0.15) is 0 Å². The lowest BCUT2D eigenvalue weighted by Crippen LogP contribution is -2.57. The maximum atomic E-state index is 13.4. The minimum absolute atomic E-state index is 0.107. The van der Waals surface area contributed by atoms with Crippen molar-refractivity contribution in [1.82, 2.24) is 15.5 Å². The Morgan fingerprint density at radius 3 is 2.69 bits per heavy atom. The molecule has 7 nitrogen and oxygen atoms in total. The number of nitrogens with one attached hydrogen (secondary N) is 2. The van der Waals surface area contributed by atoms with Gasteiger partial charge in [-0.25, -0.2) is 4.79 Å². The van der Waals surface area contributed by atoms with Crippen LogP contribution in [-0.4, -0.2) is 73.7 Å². The monoisotopic (exact) mass is 523 g/mol. The van der Waals surface area contributed by atoms with Crippen LogP contribution in [0.3, 0.4) is 0 Å². The van der Waals surface area contributed by atoms with Crippen molar-refractivity contribution in [3.63, 3.8) is 0 Å². The van der Waals surface area contributed by atoms with E-state index in [4.69, 9.17) is 16.3 Å². The summed E-state index contributed by atoms with van der Waals surface area (Å²) in [5, 5.41) is 30.0. The van der Waals surface area contributed by atoms with Crippen molar-refractivity contribution < 1.29 is 19.7 Å². The number of aliphatic hydroxyl groups excluding tert-OH is 1. The van der Waals surface area contributed by atoms with Crippen LogP contribution in [-0.2, 0) is 10.3 Å². The number of benzene rings is 1. The topological polar surface area (TPSA) is 94.1 Å². The van der Waals surface area contributed by atoms with E-state index in [0.29, 0.717) is 37.7 Å². The highest BCUT2D eigenvalue weighted by molar-refractivity contribution is 6.30. The van der Waals surface area contributed by atoms with Crippen LogP contribution in [0.15, 0.2) is 24.3 Å². The SMILES string of the molecule is CNC[C@@H](NC(=O)N1CCC[C@@H]([C@@](O)(CCCCOC)c2cccc(Cl)c2)C1)[C@H](O)C1CCCCC1. The van der Waals surface area contributed by atoms with Gasteiger partial charge >= 0.3 is 6.03 Å². The van der Waals surface area contributed by atoms with Crippen molar-refractivity contribution in [2.75, 3.05) is 40.4 Å². The molecule has 204 valence electrons. The number of likely N-dealkylation sites (N-methyl/N-ethyl adjacent to an activating group) is 1. The molecule has 1 aromatic carbocycles. The van der Waals surface area contributed by atoms with Crippen LogP contribution in [0.4, 0.5) is 4.79 Å². The molecule has 8 heteroatoms. The average molecular weight is 524 g/mol. The summed E-state index contributed by atoms with van der Waals surface area (Å²) in [7, 11) is 3.53. The molecule has 1 aliphatic carbocycles. The summed E-state index contributed by atoms with van der Waals surface area (Å²) in [6, 6.07) is 6.97. The highest BCUT2D eigenvalue weighted by Crippen LogP contribution is 2.40. The highest BCUT2D eigenvalue weighted by atomic mass is 35.5. The lowest BCUT2D eigenvalue weighted by atomic mass is 9.74. The molecule has 3 rings (SSSR count). The van der Waals surface area contributed by atoms with E-state index in [9.17, 15) is 15.0 Å². The molecule has 0 unspecified atom stereocenters. The van der Waals surface area contributed by atoms with Crippen LogP contribution < -0.4 is 10.6 Å².